The number of rotatable bonds is 4. The van der Waals surface area contributed by atoms with Crippen LogP contribution in [0.5, 0.6) is 0 Å². The number of hydrogen-bond donors (Lipinski definition) is 2. The Morgan fingerprint density at radius 2 is 0.903 bits per heavy atom. The van der Waals surface area contributed by atoms with Gasteiger partial charge in [-0.15, -0.1) is 0 Å². The van der Waals surface area contributed by atoms with Crippen molar-refractivity contribution in [3.05, 3.63) is 0 Å². The molecule has 186 valence electrons. The third-order valence-electron chi connectivity index (χ3n) is 1.48. The van der Waals surface area contributed by atoms with Crippen LogP contribution in [0.2, 0.25) is 0 Å². The van der Waals surface area contributed by atoms with Crippen molar-refractivity contribution in [3.63, 3.8) is 0 Å². The monoisotopic (exact) mass is 562 g/mol. The van der Waals surface area contributed by atoms with E-state index in [0.29, 0.717) is 0 Å². The molecule has 0 saturated heterocycles. The van der Waals surface area contributed by atoms with E-state index in [1.165, 1.54) is 0 Å². The molecule has 0 fully saturated rings. The normalized spacial score (nSPS) is 13.4. The summed E-state index contributed by atoms with van der Waals surface area (Å²) in [5, 5.41) is 0. The Balaban J connectivity index is -0.000000189. The van der Waals surface area contributed by atoms with Crippen LogP contribution in [0.25, 0.3) is 0 Å². The standard InChI is InChI=1S/C8H19O4P.C8H19O3P.K.Mn.4O/c1-7(2,3)11-13(9,10)12-8(4,5)6;1-7(2,3)10-12(9)11-8(4,5)6;;;;;;/h1-6H3,(H,9,10);9H,1-6H3;;;;;;/q;;+1;;;;;-1. The van der Waals surface area contributed by atoms with Gasteiger partial charge in [-0.3, -0.25) is 9.05 Å². The molecule has 0 heterocycles. The van der Waals surface area contributed by atoms with Crippen LogP contribution >= 0.6 is 16.4 Å². The fourth-order valence-electron chi connectivity index (χ4n) is 1.20. The van der Waals surface area contributed by atoms with Gasteiger partial charge in [-0.05, 0) is 83.1 Å². The number of hydrogen-bond acceptors (Lipinski definition) is 10. The van der Waals surface area contributed by atoms with Crippen LogP contribution < -0.4 is 55.6 Å². The summed E-state index contributed by atoms with van der Waals surface area (Å²) in [5.74, 6) is 0. The quantitative estimate of drug-likeness (QED) is 0.370. The van der Waals surface area contributed by atoms with Crippen molar-refractivity contribution in [1.82, 2.24) is 0 Å². The van der Waals surface area contributed by atoms with Crippen LogP contribution in [0.1, 0.15) is 83.1 Å². The summed E-state index contributed by atoms with van der Waals surface area (Å²) < 4.78 is 65.9. The van der Waals surface area contributed by atoms with Crippen LogP contribution in [0, 0.1) is 0 Å². The summed E-state index contributed by atoms with van der Waals surface area (Å²) in [4.78, 5) is 18.6. The van der Waals surface area contributed by atoms with Gasteiger partial charge >= 0.3 is 96.5 Å². The molecule has 0 aliphatic heterocycles. The van der Waals surface area contributed by atoms with E-state index in [0.717, 1.165) is 0 Å². The molecule has 0 unspecified atom stereocenters. The molecule has 11 nitrogen and oxygen atoms in total. The average molecular weight is 562 g/mol. The summed E-state index contributed by atoms with van der Waals surface area (Å²) in [5.41, 5.74) is -2.08. The third-order valence-corrected chi connectivity index (χ3v) is 4.45. The van der Waals surface area contributed by atoms with Gasteiger partial charge in [-0.1, -0.05) is 0 Å². The molecule has 0 aliphatic carbocycles. The Kier molecular flexibility index (Phi) is 19.6. The van der Waals surface area contributed by atoms with E-state index in [4.69, 9.17) is 33.8 Å². The van der Waals surface area contributed by atoms with Crippen molar-refractivity contribution in [3.8, 4) is 0 Å². The molecule has 0 saturated carbocycles. The van der Waals surface area contributed by atoms with Crippen molar-refractivity contribution >= 4 is 16.4 Å². The molecule has 0 aromatic rings. The van der Waals surface area contributed by atoms with Gasteiger partial charge in [0.2, 0.25) is 0 Å². The minimum absolute atomic E-state index is 0. The molecule has 0 radical (unpaired) electrons. The Bertz CT molecular complexity index is 645. The molecule has 0 aromatic carbocycles. The van der Waals surface area contributed by atoms with Crippen LogP contribution in [-0.2, 0) is 47.1 Å². The first-order valence-corrected chi connectivity index (χ1v) is 13.3. The van der Waals surface area contributed by atoms with Crippen molar-refractivity contribution in [1.29, 1.82) is 0 Å². The van der Waals surface area contributed by atoms with E-state index in [2.05, 4.69) is 0 Å². The third kappa shape index (κ3) is 50.0. The van der Waals surface area contributed by atoms with Crippen molar-refractivity contribution in [2.45, 2.75) is 105 Å². The molecule has 31 heavy (non-hydrogen) atoms. The Labute approximate surface area is 232 Å². The topological polar surface area (TPSA) is 169 Å². The second kappa shape index (κ2) is 15.1. The molecule has 0 bridgehead atoms. The minimum atomic E-state index is -5.62. The van der Waals surface area contributed by atoms with Gasteiger partial charge < -0.3 is 18.8 Å². The van der Waals surface area contributed by atoms with Gasteiger partial charge in [0, 0.05) is 0 Å². The predicted molar refractivity (Wildman–Crippen MR) is 104 cm³/mol. The predicted octanol–water partition coefficient (Wildman–Crippen LogP) is 1.01. The second-order valence-corrected chi connectivity index (χ2v) is 13.2. The molecule has 0 amide bonds. The van der Waals surface area contributed by atoms with Gasteiger partial charge in [0.05, 0.1) is 22.4 Å². The molecule has 0 spiro atoms. The maximum absolute atomic E-state index is 11.4. The van der Waals surface area contributed by atoms with Gasteiger partial charge in [0.1, 0.15) is 0 Å². The maximum atomic E-state index is 11.4. The van der Waals surface area contributed by atoms with Crippen molar-refractivity contribution in [2.24, 2.45) is 0 Å². The first-order valence-electron chi connectivity index (χ1n) is 8.75. The number of phosphoric acid groups is 1. The molecule has 0 aromatic heterocycles. The zero-order chi connectivity index (χ0) is 25.4. The molecule has 0 rings (SSSR count). The molecular formula is C16H38KMnO11P2. The Morgan fingerprint density at radius 3 is 1.03 bits per heavy atom. The SMILES string of the molecule is CC(C)(C)OP(=O)(O)OC(C)(C)C.CC(C)(C)OP(O)OC(C)(C)C.[K+].[O]=[Mn](=[O])(=[O])[O-]. The fourth-order valence-corrected chi connectivity index (χ4v) is 3.59. The van der Waals surface area contributed by atoms with Gasteiger partial charge in [0.25, 0.3) is 0 Å². The van der Waals surface area contributed by atoms with Gasteiger partial charge in [-0.25, -0.2) is 4.57 Å². The first kappa shape index (κ1) is 40.1. The number of phosphoric ester groups is 1. The summed E-state index contributed by atoms with van der Waals surface area (Å²) >= 11 is -5.62. The summed E-state index contributed by atoms with van der Waals surface area (Å²) in [6, 6.07) is 0. The van der Waals surface area contributed by atoms with Crippen LogP contribution in [0.3, 0.4) is 0 Å². The van der Waals surface area contributed by atoms with Crippen LogP contribution in [0.15, 0.2) is 0 Å². The fraction of sp³-hybridized carbons (Fsp3) is 1.00. The van der Waals surface area contributed by atoms with E-state index in [9.17, 15) is 14.4 Å². The average Bonchev–Trinajstić information content (AvgIpc) is 2.11. The van der Waals surface area contributed by atoms with Gasteiger partial charge in [-0.2, -0.15) is 0 Å². The molecule has 0 aliphatic rings. The summed E-state index contributed by atoms with van der Waals surface area (Å²) in [7, 11) is -5.69. The Morgan fingerprint density at radius 1 is 0.710 bits per heavy atom. The molecule has 0 atom stereocenters. The molecular weight excluding hydrogens is 524 g/mol. The summed E-state index contributed by atoms with van der Waals surface area (Å²) in [6.07, 6.45) is 0. The zero-order valence-corrected chi connectivity index (χ0v) is 26.9. The van der Waals surface area contributed by atoms with E-state index in [1.54, 1.807) is 41.5 Å². The van der Waals surface area contributed by atoms with Gasteiger partial charge in [0.15, 0.2) is 0 Å². The first-order chi connectivity index (χ1) is 12.5. The van der Waals surface area contributed by atoms with Crippen LogP contribution in [0.4, 0.5) is 0 Å². The van der Waals surface area contributed by atoms with E-state index in [1.807, 2.05) is 41.5 Å². The summed E-state index contributed by atoms with van der Waals surface area (Å²) in [6.45, 7) is 21.5. The van der Waals surface area contributed by atoms with E-state index < -0.39 is 40.6 Å². The van der Waals surface area contributed by atoms with E-state index >= 15 is 0 Å². The Hall–Kier alpha value is 1.94. The van der Waals surface area contributed by atoms with E-state index in [-0.39, 0.29) is 62.6 Å². The van der Waals surface area contributed by atoms with Crippen molar-refractivity contribution < 1.29 is 112 Å². The van der Waals surface area contributed by atoms with Crippen molar-refractivity contribution in [2.75, 3.05) is 0 Å². The molecule has 2 N–H and O–H groups in total. The van der Waals surface area contributed by atoms with Crippen LogP contribution in [-0.4, -0.2) is 32.2 Å². The zero-order valence-electron chi connectivity index (χ0n) is 20.8. The second-order valence-electron chi connectivity index (χ2n) is 9.90. The molecule has 15 heteroatoms.